The van der Waals surface area contributed by atoms with E-state index >= 15 is 0 Å². The van der Waals surface area contributed by atoms with Crippen LogP contribution in [0, 0.1) is 5.92 Å². The number of hydrogen-bond acceptors (Lipinski definition) is 2. The molecule has 0 radical (unpaired) electrons. The first-order valence-corrected chi connectivity index (χ1v) is 7.34. The Morgan fingerprint density at radius 2 is 1.95 bits per heavy atom. The van der Waals surface area contributed by atoms with Crippen molar-refractivity contribution in [2.75, 3.05) is 18.0 Å². The van der Waals surface area contributed by atoms with Crippen LogP contribution in [0.5, 0.6) is 0 Å². The van der Waals surface area contributed by atoms with Crippen LogP contribution in [0.1, 0.15) is 19.8 Å². The fourth-order valence-corrected chi connectivity index (χ4v) is 2.88. The SMILES string of the molecule is CC1C(=O)N(c2ccccc2Cl)CCN1C(=O)C1CC1. The van der Waals surface area contributed by atoms with Crippen molar-refractivity contribution in [3.63, 3.8) is 0 Å². The molecule has 20 heavy (non-hydrogen) atoms. The van der Waals surface area contributed by atoms with E-state index in [0.717, 1.165) is 18.5 Å². The smallest absolute Gasteiger partial charge is 0.249 e. The summed E-state index contributed by atoms with van der Waals surface area (Å²) in [6.07, 6.45) is 1.93. The normalized spacial score (nSPS) is 23.1. The van der Waals surface area contributed by atoms with Crippen LogP contribution in [0.3, 0.4) is 0 Å². The van der Waals surface area contributed by atoms with Crippen LogP contribution in [0.25, 0.3) is 0 Å². The lowest BCUT2D eigenvalue weighted by Gasteiger charge is -2.39. The molecule has 106 valence electrons. The van der Waals surface area contributed by atoms with E-state index in [9.17, 15) is 9.59 Å². The lowest BCUT2D eigenvalue weighted by atomic mass is 10.1. The summed E-state index contributed by atoms with van der Waals surface area (Å²) >= 11 is 6.16. The van der Waals surface area contributed by atoms with Crippen LogP contribution in [0.2, 0.25) is 5.02 Å². The molecule has 1 saturated heterocycles. The van der Waals surface area contributed by atoms with Crippen molar-refractivity contribution < 1.29 is 9.59 Å². The highest BCUT2D eigenvalue weighted by Crippen LogP contribution is 2.33. The minimum absolute atomic E-state index is 0.0571. The highest BCUT2D eigenvalue weighted by atomic mass is 35.5. The lowest BCUT2D eigenvalue weighted by molar-refractivity contribution is -0.141. The third-order valence-electron chi connectivity index (χ3n) is 4.01. The monoisotopic (exact) mass is 292 g/mol. The van der Waals surface area contributed by atoms with E-state index in [2.05, 4.69) is 0 Å². The molecule has 5 heteroatoms. The molecule has 0 spiro atoms. The molecule has 1 atom stereocenters. The average Bonchev–Trinajstić information content (AvgIpc) is 3.27. The van der Waals surface area contributed by atoms with Crippen molar-refractivity contribution in [1.82, 2.24) is 4.90 Å². The van der Waals surface area contributed by atoms with Gasteiger partial charge in [-0.3, -0.25) is 9.59 Å². The molecule has 2 fully saturated rings. The van der Waals surface area contributed by atoms with Gasteiger partial charge in [0.25, 0.3) is 0 Å². The minimum atomic E-state index is -0.409. The Balaban J connectivity index is 1.80. The molecule has 1 unspecified atom stereocenters. The number of nitrogens with zero attached hydrogens (tertiary/aromatic N) is 2. The van der Waals surface area contributed by atoms with Crippen LogP contribution in [0.15, 0.2) is 24.3 Å². The quantitative estimate of drug-likeness (QED) is 0.839. The van der Waals surface area contributed by atoms with Gasteiger partial charge in [-0.2, -0.15) is 0 Å². The average molecular weight is 293 g/mol. The Morgan fingerprint density at radius 1 is 1.25 bits per heavy atom. The van der Waals surface area contributed by atoms with Crippen LogP contribution in [0.4, 0.5) is 5.69 Å². The molecule has 1 aromatic rings. The number of carbonyl (C=O) groups excluding carboxylic acids is 2. The van der Waals surface area contributed by atoms with Crippen molar-refractivity contribution in [3.8, 4) is 0 Å². The molecule has 4 nitrogen and oxygen atoms in total. The van der Waals surface area contributed by atoms with Gasteiger partial charge in [-0.05, 0) is 31.9 Å². The Hall–Kier alpha value is -1.55. The number of anilines is 1. The van der Waals surface area contributed by atoms with Gasteiger partial charge in [-0.15, -0.1) is 0 Å². The maximum Gasteiger partial charge on any atom is 0.249 e. The molecule has 1 aromatic carbocycles. The zero-order chi connectivity index (χ0) is 14.3. The van der Waals surface area contributed by atoms with Gasteiger partial charge in [0.2, 0.25) is 11.8 Å². The van der Waals surface area contributed by atoms with E-state index in [1.54, 1.807) is 22.8 Å². The largest absolute Gasteiger partial charge is 0.329 e. The van der Waals surface area contributed by atoms with Crippen molar-refractivity contribution >= 4 is 29.1 Å². The van der Waals surface area contributed by atoms with Crippen molar-refractivity contribution in [2.45, 2.75) is 25.8 Å². The number of hydrogen-bond donors (Lipinski definition) is 0. The second-order valence-corrected chi connectivity index (χ2v) is 5.83. The summed E-state index contributed by atoms with van der Waals surface area (Å²) in [6, 6.07) is 6.91. The zero-order valence-electron chi connectivity index (χ0n) is 11.4. The topological polar surface area (TPSA) is 40.6 Å². The third-order valence-corrected chi connectivity index (χ3v) is 4.33. The van der Waals surface area contributed by atoms with Crippen LogP contribution in [-0.2, 0) is 9.59 Å². The lowest BCUT2D eigenvalue weighted by Crippen LogP contribution is -2.58. The molecular weight excluding hydrogens is 276 g/mol. The van der Waals surface area contributed by atoms with Crippen LogP contribution in [-0.4, -0.2) is 35.8 Å². The number of carbonyl (C=O) groups is 2. The predicted octanol–water partition coefficient (Wildman–Crippen LogP) is 2.31. The first-order chi connectivity index (χ1) is 9.59. The number of rotatable bonds is 2. The van der Waals surface area contributed by atoms with Crippen LogP contribution >= 0.6 is 11.6 Å². The van der Waals surface area contributed by atoms with Crippen molar-refractivity contribution in [3.05, 3.63) is 29.3 Å². The standard InChI is InChI=1S/C15H17ClN2O2/c1-10-14(19)18(13-5-3-2-4-12(13)16)9-8-17(10)15(20)11-6-7-11/h2-5,10-11H,6-9H2,1H3. The first kappa shape index (κ1) is 13.4. The van der Waals surface area contributed by atoms with E-state index in [1.165, 1.54) is 0 Å². The fourth-order valence-electron chi connectivity index (χ4n) is 2.65. The highest BCUT2D eigenvalue weighted by Gasteiger charge is 2.41. The first-order valence-electron chi connectivity index (χ1n) is 6.96. The molecule has 0 N–H and O–H groups in total. The van der Waals surface area contributed by atoms with Gasteiger partial charge < -0.3 is 9.80 Å². The molecule has 1 aliphatic carbocycles. The second-order valence-electron chi connectivity index (χ2n) is 5.42. The summed E-state index contributed by atoms with van der Waals surface area (Å²) in [4.78, 5) is 28.1. The maximum absolute atomic E-state index is 12.5. The van der Waals surface area contributed by atoms with Gasteiger partial charge in [-0.1, -0.05) is 23.7 Å². The highest BCUT2D eigenvalue weighted by molar-refractivity contribution is 6.33. The number of halogens is 1. The Labute approximate surface area is 123 Å². The Kier molecular flexibility index (Phi) is 3.42. The van der Waals surface area contributed by atoms with Crippen molar-refractivity contribution in [1.29, 1.82) is 0 Å². The summed E-state index contributed by atoms with van der Waals surface area (Å²) in [5, 5.41) is 0.565. The molecule has 1 heterocycles. The molecule has 0 bridgehead atoms. The van der Waals surface area contributed by atoms with Gasteiger partial charge >= 0.3 is 0 Å². The summed E-state index contributed by atoms with van der Waals surface area (Å²) < 4.78 is 0. The van der Waals surface area contributed by atoms with Crippen LogP contribution < -0.4 is 4.90 Å². The number of para-hydroxylation sites is 1. The van der Waals surface area contributed by atoms with E-state index in [-0.39, 0.29) is 17.7 Å². The van der Waals surface area contributed by atoms with E-state index in [0.29, 0.717) is 18.1 Å². The molecule has 2 amide bonds. The maximum atomic E-state index is 12.5. The minimum Gasteiger partial charge on any atom is -0.329 e. The predicted molar refractivity (Wildman–Crippen MR) is 77.7 cm³/mol. The van der Waals surface area contributed by atoms with Gasteiger partial charge in [0.05, 0.1) is 10.7 Å². The molecule has 1 saturated carbocycles. The third kappa shape index (κ3) is 2.29. The van der Waals surface area contributed by atoms with Gasteiger partial charge in [0.1, 0.15) is 6.04 Å². The van der Waals surface area contributed by atoms with E-state index in [1.807, 2.05) is 18.2 Å². The molecule has 0 aromatic heterocycles. The summed E-state index contributed by atoms with van der Waals surface area (Å²) in [5.41, 5.74) is 0.726. The van der Waals surface area contributed by atoms with Gasteiger partial charge in [0.15, 0.2) is 0 Å². The fraction of sp³-hybridized carbons (Fsp3) is 0.467. The van der Waals surface area contributed by atoms with Gasteiger partial charge in [0, 0.05) is 19.0 Å². The number of piperazine rings is 1. The number of benzene rings is 1. The zero-order valence-corrected chi connectivity index (χ0v) is 12.1. The van der Waals surface area contributed by atoms with Gasteiger partial charge in [-0.25, -0.2) is 0 Å². The Morgan fingerprint density at radius 3 is 2.60 bits per heavy atom. The molecule has 3 rings (SSSR count). The second kappa shape index (κ2) is 5.09. The van der Waals surface area contributed by atoms with Crippen molar-refractivity contribution in [2.24, 2.45) is 5.92 Å². The van der Waals surface area contributed by atoms with E-state index in [4.69, 9.17) is 11.6 Å². The molecular formula is C15H17ClN2O2. The summed E-state index contributed by atoms with van der Waals surface area (Å²) in [6.45, 7) is 2.88. The van der Waals surface area contributed by atoms with E-state index < -0.39 is 6.04 Å². The molecule has 1 aliphatic heterocycles. The number of amides is 2. The Bertz CT molecular complexity index is 557. The molecule has 2 aliphatic rings. The summed E-state index contributed by atoms with van der Waals surface area (Å²) in [5.74, 6) is 0.222. The summed E-state index contributed by atoms with van der Waals surface area (Å²) in [7, 11) is 0.